The van der Waals surface area contributed by atoms with E-state index >= 15 is 0 Å². The van der Waals surface area contributed by atoms with Gasteiger partial charge in [-0.15, -0.1) is 0 Å². The maximum atomic E-state index is 11.7. The molecule has 0 aliphatic heterocycles. The first-order valence-electron chi connectivity index (χ1n) is 8.85. The maximum absolute atomic E-state index is 11.7. The zero-order chi connectivity index (χ0) is 20.4. The van der Waals surface area contributed by atoms with Gasteiger partial charge in [-0.1, -0.05) is 42.3 Å². The average Bonchev–Trinajstić information content (AvgIpc) is 2.69. The van der Waals surface area contributed by atoms with Crippen LogP contribution in [0.2, 0.25) is 10.0 Å². The van der Waals surface area contributed by atoms with Crippen molar-refractivity contribution >= 4 is 35.0 Å². The summed E-state index contributed by atoms with van der Waals surface area (Å²) in [5, 5.41) is 0.933. The normalized spacial score (nSPS) is 10.2. The van der Waals surface area contributed by atoms with Gasteiger partial charge in [0.1, 0.15) is 11.5 Å². The van der Waals surface area contributed by atoms with Crippen molar-refractivity contribution in [1.82, 2.24) is 10.9 Å². The van der Waals surface area contributed by atoms with Crippen molar-refractivity contribution in [2.45, 2.75) is 26.2 Å². The molecular formula is C20H22Cl2N2O4. The fourth-order valence-electron chi connectivity index (χ4n) is 2.22. The van der Waals surface area contributed by atoms with Crippen LogP contribution in [0.4, 0.5) is 0 Å². The van der Waals surface area contributed by atoms with Gasteiger partial charge >= 0.3 is 0 Å². The summed E-state index contributed by atoms with van der Waals surface area (Å²) in [5.74, 6) is 0.323. The van der Waals surface area contributed by atoms with Crippen LogP contribution in [-0.2, 0) is 16.0 Å². The van der Waals surface area contributed by atoms with Crippen molar-refractivity contribution in [3.63, 3.8) is 0 Å². The molecule has 0 atom stereocenters. The van der Waals surface area contributed by atoms with Crippen LogP contribution in [0.3, 0.4) is 0 Å². The summed E-state index contributed by atoms with van der Waals surface area (Å²) in [6.07, 6.45) is 1.58. The number of hydrogen-bond donors (Lipinski definition) is 2. The smallest absolute Gasteiger partial charge is 0.276 e. The number of ether oxygens (including phenoxy) is 2. The van der Waals surface area contributed by atoms with Crippen LogP contribution >= 0.6 is 23.2 Å². The quantitative estimate of drug-likeness (QED) is 0.471. The Bertz CT molecular complexity index is 797. The summed E-state index contributed by atoms with van der Waals surface area (Å²) in [6, 6.07) is 12.4. The van der Waals surface area contributed by atoms with Crippen molar-refractivity contribution < 1.29 is 19.1 Å². The van der Waals surface area contributed by atoms with E-state index in [2.05, 4.69) is 17.8 Å². The zero-order valence-electron chi connectivity index (χ0n) is 15.5. The zero-order valence-corrected chi connectivity index (χ0v) is 17.0. The van der Waals surface area contributed by atoms with Gasteiger partial charge in [0.05, 0.1) is 11.6 Å². The summed E-state index contributed by atoms with van der Waals surface area (Å²) in [6.45, 7) is 2.18. The number of carbonyl (C=O) groups excluding carboxylic acids is 2. The third-order valence-electron chi connectivity index (χ3n) is 3.74. The van der Waals surface area contributed by atoms with Crippen LogP contribution in [0.5, 0.6) is 11.5 Å². The van der Waals surface area contributed by atoms with Crippen LogP contribution in [-0.4, -0.2) is 25.0 Å². The monoisotopic (exact) mass is 424 g/mol. The lowest BCUT2D eigenvalue weighted by Crippen LogP contribution is -2.43. The van der Waals surface area contributed by atoms with E-state index < -0.39 is 5.91 Å². The van der Waals surface area contributed by atoms with Crippen LogP contribution in [0.15, 0.2) is 42.5 Å². The van der Waals surface area contributed by atoms with Crippen molar-refractivity contribution in [3.8, 4) is 11.5 Å². The van der Waals surface area contributed by atoms with Gasteiger partial charge in [0.2, 0.25) is 5.91 Å². The van der Waals surface area contributed by atoms with E-state index in [1.54, 1.807) is 30.3 Å². The summed E-state index contributed by atoms with van der Waals surface area (Å²) >= 11 is 11.8. The third kappa shape index (κ3) is 7.66. The van der Waals surface area contributed by atoms with E-state index in [9.17, 15) is 9.59 Å². The Morgan fingerprint density at radius 2 is 1.68 bits per heavy atom. The second-order valence-electron chi connectivity index (χ2n) is 5.91. The molecule has 0 heterocycles. The molecule has 6 nitrogen and oxygen atoms in total. The number of carbonyl (C=O) groups is 2. The number of nitrogens with one attached hydrogen (secondary N) is 2. The molecule has 2 amide bonds. The van der Waals surface area contributed by atoms with E-state index in [1.807, 2.05) is 12.1 Å². The van der Waals surface area contributed by atoms with E-state index in [1.165, 1.54) is 5.56 Å². The average molecular weight is 425 g/mol. The minimum absolute atomic E-state index is 0.185. The van der Waals surface area contributed by atoms with E-state index in [-0.39, 0.29) is 18.9 Å². The SMILES string of the molecule is CCc1ccc(OCC(=O)NNC(=O)CCCOc2ccc(Cl)cc2Cl)cc1. The number of amides is 2. The molecule has 150 valence electrons. The molecule has 0 saturated carbocycles. The molecule has 0 fully saturated rings. The molecule has 2 rings (SSSR count). The minimum Gasteiger partial charge on any atom is -0.492 e. The van der Waals surface area contributed by atoms with Gasteiger partial charge in [0.25, 0.3) is 5.91 Å². The molecule has 2 aromatic carbocycles. The van der Waals surface area contributed by atoms with E-state index in [0.29, 0.717) is 34.6 Å². The Morgan fingerprint density at radius 1 is 0.964 bits per heavy atom. The van der Waals surface area contributed by atoms with Crippen LogP contribution in [0.25, 0.3) is 0 Å². The second kappa shape index (κ2) is 11.4. The molecule has 0 bridgehead atoms. The van der Waals surface area contributed by atoms with Crippen molar-refractivity contribution in [2.75, 3.05) is 13.2 Å². The molecule has 2 aromatic rings. The van der Waals surface area contributed by atoms with Gasteiger partial charge in [-0.3, -0.25) is 20.4 Å². The molecular weight excluding hydrogens is 403 g/mol. The number of hydrogen-bond acceptors (Lipinski definition) is 4. The van der Waals surface area contributed by atoms with Gasteiger partial charge in [-0.2, -0.15) is 0 Å². The molecule has 0 aromatic heterocycles. The Balaban J connectivity index is 1.58. The number of halogens is 2. The molecule has 28 heavy (non-hydrogen) atoms. The number of rotatable bonds is 9. The summed E-state index contributed by atoms with van der Waals surface area (Å²) in [4.78, 5) is 23.5. The van der Waals surface area contributed by atoms with Gasteiger partial charge < -0.3 is 9.47 Å². The molecule has 0 radical (unpaired) electrons. The van der Waals surface area contributed by atoms with Crippen LogP contribution in [0, 0.1) is 0 Å². The Morgan fingerprint density at radius 3 is 2.36 bits per heavy atom. The summed E-state index contributed by atoms with van der Waals surface area (Å²) < 4.78 is 10.9. The molecule has 8 heteroatoms. The fourth-order valence-corrected chi connectivity index (χ4v) is 2.68. The van der Waals surface area contributed by atoms with Gasteiger partial charge in [0, 0.05) is 11.4 Å². The van der Waals surface area contributed by atoms with Crippen molar-refractivity contribution in [1.29, 1.82) is 0 Å². The lowest BCUT2D eigenvalue weighted by Gasteiger charge is -2.10. The number of hydrazine groups is 1. The van der Waals surface area contributed by atoms with Crippen LogP contribution in [0.1, 0.15) is 25.3 Å². The standard InChI is InChI=1S/C20H22Cl2N2O4/c1-2-14-5-8-16(9-6-14)28-13-20(26)24-23-19(25)4-3-11-27-18-10-7-15(21)12-17(18)22/h5-10,12H,2-4,11,13H2,1H3,(H,23,25)(H,24,26). The first-order chi connectivity index (χ1) is 13.5. The Kier molecular flexibility index (Phi) is 8.91. The highest BCUT2D eigenvalue weighted by Gasteiger charge is 2.07. The first-order valence-corrected chi connectivity index (χ1v) is 9.60. The predicted octanol–water partition coefficient (Wildman–Crippen LogP) is 3.94. The van der Waals surface area contributed by atoms with E-state index in [4.69, 9.17) is 32.7 Å². The topological polar surface area (TPSA) is 76.7 Å². The minimum atomic E-state index is -0.447. The van der Waals surface area contributed by atoms with Gasteiger partial charge in [-0.05, 0) is 48.7 Å². The van der Waals surface area contributed by atoms with Crippen molar-refractivity contribution in [2.24, 2.45) is 0 Å². The first kappa shape index (κ1) is 21.9. The highest BCUT2D eigenvalue weighted by molar-refractivity contribution is 6.35. The van der Waals surface area contributed by atoms with Gasteiger partial charge in [-0.25, -0.2) is 0 Å². The summed E-state index contributed by atoms with van der Waals surface area (Å²) in [5.41, 5.74) is 5.83. The highest BCUT2D eigenvalue weighted by Crippen LogP contribution is 2.27. The summed E-state index contributed by atoms with van der Waals surface area (Å²) in [7, 11) is 0. The third-order valence-corrected chi connectivity index (χ3v) is 4.27. The van der Waals surface area contributed by atoms with E-state index in [0.717, 1.165) is 6.42 Å². The van der Waals surface area contributed by atoms with Crippen LogP contribution < -0.4 is 20.3 Å². The lowest BCUT2D eigenvalue weighted by atomic mass is 10.2. The Hall–Kier alpha value is -2.44. The van der Waals surface area contributed by atoms with Crippen molar-refractivity contribution in [3.05, 3.63) is 58.1 Å². The number of benzene rings is 2. The molecule has 2 N–H and O–H groups in total. The number of aryl methyl sites for hydroxylation is 1. The molecule has 0 saturated heterocycles. The maximum Gasteiger partial charge on any atom is 0.276 e. The van der Waals surface area contributed by atoms with Gasteiger partial charge in [0.15, 0.2) is 6.61 Å². The second-order valence-corrected chi connectivity index (χ2v) is 6.75. The molecule has 0 aliphatic carbocycles. The molecule has 0 aliphatic rings. The fraction of sp³-hybridized carbons (Fsp3) is 0.300. The molecule has 0 spiro atoms. The Labute approximate surface area is 174 Å². The highest BCUT2D eigenvalue weighted by atomic mass is 35.5. The lowest BCUT2D eigenvalue weighted by molar-refractivity contribution is -0.130. The molecule has 0 unspecified atom stereocenters. The predicted molar refractivity (Wildman–Crippen MR) is 109 cm³/mol. The largest absolute Gasteiger partial charge is 0.492 e.